The number of aryl methyl sites for hydroxylation is 1. The lowest BCUT2D eigenvalue weighted by molar-refractivity contribution is -0.121. The first-order chi connectivity index (χ1) is 12.3. The van der Waals surface area contributed by atoms with Gasteiger partial charge in [0.2, 0.25) is 5.91 Å². The van der Waals surface area contributed by atoms with Crippen LogP contribution in [0.5, 0.6) is 5.75 Å². The summed E-state index contributed by atoms with van der Waals surface area (Å²) in [5, 5.41) is 5.43. The summed E-state index contributed by atoms with van der Waals surface area (Å²) in [6.45, 7) is 3.07. The maximum atomic E-state index is 12.2. The molecular weight excluding hydrogens is 310 g/mol. The average molecular weight is 333 g/mol. The molecule has 0 heterocycles. The van der Waals surface area contributed by atoms with Crippen LogP contribution >= 0.6 is 0 Å². The third kappa shape index (κ3) is 4.38. The number of carbonyl (C=O) groups excluding carboxylic acids is 1. The van der Waals surface area contributed by atoms with E-state index >= 15 is 0 Å². The molecule has 0 atom stereocenters. The number of benzene rings is 3. The van der Waals surface area contributed by atoms with Crippen LogP contribution in [0.25, 0.3) is 10.8 Å². The van der Waals surface area contributed by atoms with Gasteiger partial charge in [0.25, 0.3) is 0 Å². The molecule has 3 heteroatoms. The minimum atomic E-state index is 0.0548. The van der Waals surface area contributed by atoms with E-state index in [0.29, 0.717) is 19.6 Å². The van der Waals surface area contributed by atoms with Gasteiger partial charge in [-0.2, -0.15) is 0 Å². The molecule has 0 spiro atoms. The van der Waals surface area contributed by atoms with E-state index in [2.05, 4.69) is 29.6 Å². The van der Waals surface area contributed by atoms with Crippen molar-refractivity contribution in [2.24, 2.45) is 0 Å². The SMILES string of the molecule is CCOc1ccccc1CNC(=O)CCc1cccc2ccccc12. The van der Waals surface area contributed by atoms with Crippen molar-refractivity contribution in [2.75, 3.05) is 6.61 Å². The Labute approximate surface area is 148 Å². The van der Waals surface area contributed by atoms with E-state index in [1.54, 1.807) is 0 Å². The Kier molecular flexibility index (Phi) is 5.68. The molecule has 0 radical (unpaired) electrons. The second-order valence-corrected chi connectivity index (χ2v) is 5.96. The molecule has 0 saturated heterocycles. The Hall–Kier alpha value is -2.81. The van der Waals surface area contributed by atoms with Crippen molar-refractivity contribution in [2.45, 2.75) is 26.3 Å². The van der Waals surface area contributed by atoms with E-state index < -0.39 is 0 Å². The number of hydrogen-bond donors (Lipinski definition) is 1. The molecule has 3 rings (SSSR count). The van der Waals surface area contributed by atoms with Crippen molar-refractivity contribution in [1.82, 2.24) is 5.32 Å². The Balaban J connectivity index is 1.58. The lowest BCUT2D eigenvalue weighted by Crippen LogP contribution is -2.23. The molecule has 128 valence electrons. The smallest absolute Gasteiger partial charge is 0.220 e. The molecule has 3 nitrogen and oxygen atoms in total. The van der Waals surface area contributed by atoms with Crippen molar-refractivity contribution in [1.29, 1.82) is 0 Å². The van der Waals surface area contributed by atoms with E-state index in [0.717, 1.165) is 17.7 Å². The molecule has 0 saturated carbocycles. The van der Waals surface area contributed by atoms with Gasteiger partial charge >= 0.3 is 0 Å². The van der Waals surface area contributed by atoms with Crippen molar-refractivity contribution in [3.05, 3.63) is 77.9 Å². The number of para-hydroxylation sites is 1. The monoisotopic (exact) mass is 333 g/mol. The maximum absolute atomic E-state index is 12.2. The lowest BCUT2D eigenvalue weighted by Gasteiger charge is -2.11. The highest BCUT2D eigenvalue weighted by Crippen LogP contribution is 2.20. The standard InChI is InChI=1S/C22H23NO2/c1-2-25-21-13-6-4-9-19(21)16-23-22(24)15-14-18-11-7-10-17-8-3-5-12-20(17)18/h3-13H,2,14-16H2,1H3,(H,23,24). The van der Waals surface area contributed by atoms with Gasteiger partial charge in [0, 0.05) is 18.5 Å². The Morgan fingerprint density at radius 1 is 0.920 bits per heavy atom. The Morgan fingerprint density at radius 2 is 1.64 bits per heavy atom. The average Bonchev–Trinajstić information content (AvgIpc) is 2.66. The molecule has 0 fully saturated rings. The van der Waals surface area contributed by atoms with Crippen LogP contribution in [0.1, 0.15) is 24.5 Å². The number of nitrogens with one attached hydrogen (secondary N) is 1. The third-order valence-electron chi connectivity index (χ3n) is 4.25. The number of ether oxygens (including phenoxy) is 1. The van der Waals surface area contributed by atoms with Crippen LogP contribution in [-0.4, -0.2) is 12.5 Å². The number of fused-ring (bicyclic) bond motifs is 1. The van der Waals surface area contributed by atoms with Crippen LogP contribution in [-0.2, 0) is 17.8 Å². The molecule has 3 aromatic carbocycles. The van der Waals surface area contributed by atoms with Crippen molar-refractivity contribution in [3.8, 4) is 5.75 Å². The van der Waals surface area contributed by atoms with Gasteiger partial charge < -0.3 is 10.1 Å². The summed E-state index contributed by atoms with van der Waals surface area (Å²) in [4.78, 5) is 12.2. The van der Waals surface area contributed by atoms with Gasteiger partial charge in [-0.15, -0.1) is 0 Å². The fourth-order valence-corrected chi connectivity index (χ4v) is 2.99. The number of rotatable bonds is 7. The Morgan fingerprint density at radius 3 is 2.52 bits per heavy atom. The van der Waals surface area contributed by atoms with Gasteiger partial charge in [0.15, 0.2) is 0 Å². The van der Waals surface area contributed by atoms with Gasteiger partial charge in [-0.25, -0.2) is 0 Å². The van der Waals surface area contributed by atoms with Gasteiger partial charge in [0.1, 0.15) is 5.75 Å². The molecule has 0 unspecified atom stereocenters. The minimum absolute atomic E-state index is 0.0548. The van der Waals surface area contributed by atoms with Crippen LogP contribution in [0.3, 0.4) is 0 Å². The summed E-state index contributed by atoms with van der Waals surface area (Å²) in [6.07, 6.45) is 1.21. The molecular formula is C22H23NO2. The summed E-state index contributed by atoms with van der Waals surface area (Å²) in [7, 11) is 0. The fraction of sp³-hybridized carbons (Fsp3) is 0.227. The zero-order valence-corrected chi connectivity index (χ0v) is 14.5. The van der Waals surface area contributed by atoms with Gasteiger partial charge in [-0.3, -0.25) is 4.79 Å². The van der Waals surface area contributed by atoms with Gasteiger partial charge in [0.05, 0.1) is 6.61 Å². The quantitative estimate of drug-likeness (QED) is 0.692. The first kappa shape index (κ1) is 17.0. The highest BCUT2D eigenvalue weighted by atomic mass is 16.5. The minimum Gasteiger partial charge on any atom is -0.494 e. The van der Waals surface area contributed by atoms with E-state index in [-0.39, 0.29) is 5.91 Å². The van der Waals surface area contributed by atoms with Gasteiger partial charge in [-0.1, -0.05) is 60.7 Å². The molecule has 0 aliphatic rings. The molecule has 0 aliphatic carbocycles. The summed E-state index contributed by atoms with van der Waals surface area (Å²) in [5.74, 6) is 0.888. The largest absolute Gasteiger partial charge is 0.494 e. The molecule has 25 heavy (non-hydrogen) atoms. The second-order valence-electron chi connectivity index (χ2n) is 5.96. The second kappa shape index (κ2) is 8.34. The maximum Gasteiger partial charge on any atom is 0.220 e. The molecule has 0 bridgehead atoms. The Bertz CT molecular complexity index is 852. The third-order valence-corrected chi connectivity index (χ3v) is 4.25. The lowest BCUT2D eigenvalue weighted by atomic mass is 10.0. The van der Waals surface area contributed by atoms with Crippen LogP contribution in [0.15, 0.2) is 66.7 Å². The van der Waals surface area contributed by atoms with Crippen LogP contribution < -0.4 is 10.1 Å². The van der Waals surface area contributed by atoms with E-state index in [1.807, 2.05) is 49.4 Å². The van der Waals surface area contributed by atoms with Crippen molar-refractivity contribution in [3.63, 3.8) is 0 Å². The molecule has 1 N–H and O–H groups in total. The summed E-state index contributed by atoms with van der Waals surface area (Å²) >= 11 is 0. The summed E-state index contributed by atoms with van der Waals surface area (Å²) < 4.78 is 5.60. The van der Waals surface area contributed by atoms with Crippen molar-refractivity contribution < 1.29 is 9.53 Å². The topological polar surface area (TPSA) is 38.3 Å². The molecule has 0 aromatic heterocycles. The van der Waals surface area contributed by atoms with Crippen molar-refractivity contribution >= 4 is 16.7 Å². The van der Waals surface area contributed by atoms with E-state index in [9.17, 15) is 4.79 Å². The fourth-order valence-electron chi connectivity index (χ4n) is 2.99. The highest BCUT2D eigenvalue weighted by molar-refractivity contribution is 5.86. The van der Waals surface area contributed by atoms with Crippen LogP contribution in [0.4, 0.5) is 0 Å². The highest BCUT2D eigenvalue weighted by Gasteiger charge is 2.07. The first-order valence-corrected chi connectivity index (χ1v) is 8.72. The molecule has 3 aromatic rings. The molecule has 1 amide bonds. The normalized spacial score (nSPS) is 10.6. The number of amides is 1. The predicted molar refractivity (Wildman–Crippen MR) is 102 cm³/mol. The first-order valence-electron chi connectivity index (χ1n) is 8.72. The number of carbonyl (C=O) groups is 1. The van der Waals surface area contributed by atoms with Crippen LogP contribution in [0, 0.1) is 0 Å². The summed E-state index contributed by atoms with van der Waals surface area (Å²) in [5.41, 5.74) is 2.21. The van der Waals surface area contributed by atoms with Crippen LogP contribution in [0.2, 0.25) is 0 Å². The van der Waals surface area contributed by atoms with Gasteiger partial charge in [-0.05, 0) is 35.7 Å². The molecule has 0 aliphatic heterocycles. The van der Waals surface area contributed by atoms with E-state index in [4.69, 9.17) is 4.74 Å². The summed E-state index contributed by atoms with van der Waals surface area (Å²) in [6, 6.07) is 22.3. The zero-order valence-electron chi connectivity index (χ0n) is 14.5. The predicted octanol–water partition coefficient (Wildman–Crippen LogP) is 4.49. The number of hydrogen-bond acceptors (Lipinski definition) is 2. The zero-order chi connectivity index (χ0) is 17.5. The van der Waals surface area contributed by atoms with E-state index in [1.165, 1.54) is 16.3 Å².